The number of aromatic nitrogens is 2. The maximum Gasteiger partial charge on any atom is 0.220 e. The highest BCUT2D eigenvalue weighted by Crippen LogP contribution is 2.23. The van der Waals surface area contributed by atoms with Gasteiger partial charge in [-0.05, 0) is 50.8 Å². The van der Waals surface area contributed by atoms with E-state index < -0.39 is 0 Å². The van der Waals surface area contributed by atoms with E-state index in [1.54, 1.807) is 0 Å². The third kappa shape index (κ3) is 4.76. The first-order valence-corrected chi connectivity index (χ1v) is 7.08. The average Bonchev–Trinajstić information content (AvgIpc) is 2.38. The van der Waals surface area contributed by atoms with Gasteiger partial charge >= 0.3 is 0 Å². The Morgan fingerprint density at radius 2 is 1.90 bits per heavy atom. The van der Waals surface area contributed by atoms with Crippen molar-refractivity contribution >= 4 is 30.8 Å². The lowest BCUT2D eigenvalue weighted by Crippen LogP contribution is -2.40. The van der Waals surface area contributed by atoms with Crippen LogP contribution < -0.4 is 5.73 Å². The van der Waals surface area contributed by atoms with Crippen molar-refractivity contribution in [2.45, 2.75) is 52.0 Å². The Hall–Kier alpha value is -0.580. The van der Waals surface area contributed by atoms with E-state index in [9.17, 15) is 0 Å². The molecule has 0 fully saturated rings. The van der Waals surface area contributed by atoms with Crippen molar-refractivity contribution in [2.24, 2.45) is 0 Å². The lowest BCUT2D eigenvalue weighted by atomic mass is 9.91. The summed E-state index contributed by atoms with van der Waals surface area (Å²) in [5.41, 5.74) is 8.09. The summed E-state index contributed by atoms with van der Waals surface area (Å²) in [6.45, 7) is 6.90. The summed E-state index contributed by atoms with van der Waals surface area (Å²) in [5, 5.41) is 0. The van der Waals surface area contributed by atoms with Crippen LogP contribution >= 0.6 is 24.8 Å². The van der Waals surface area contributed by atoms with Crippen LogP contribution in [0.1, 0.15) is 44.4 Å². The van der Waals surface area contributed by atoms with Crippen LogP contribution in [0.4, 0.5) is 5.95 Å². The van der Waals surface area contributed by atoms with Crippen LogP contribution in [0.25, 0.3) is 0 Å². The highest BCUT2D eigenvalue weighted by molar-refractivity contribution is 5.85. The first kappa shape index (κ1) is 19.4. The number of hydrogen-bond donors (Lipinski definition) is 1. The lowest BCUT2D eigenvalue weighted by Gasteiger charge is -2.34. The largest absolute Gasteiger partial charge is 0.368 e. The Balaban J connectivity index is 0.00000180. The van der Waals surface area contributed by atoms with Gasteiger partial charge in [0, 0.05) is 17.9 Å². The molecule has 0 aliphatic heterocycles. The molecule has 0 bridgehead atoms. The maximum atomic E-state index is 5.64. The molecule has 0 spiro atoms. The standard InChI is InChI=1S/C14H24N4.2ClH/c1-3-7-18(8-4-2)12-5-6-13-11(9-12)10-16-14(15)17-13;;/h10,12H,3-9H2,1-2H3,(H2,15,16,17);2*1H. The molecule has 0 saturated heterocycles. The molecule has 1 atom stereocenters. The first-order chi connectivity index (χ1) is 8.74. The van der Waals surface area contributed by atoms with Gasteiger partial charge in [0.2, 0.25) is 5.95 Å². The number of fused-ring (bicyclic) bond motifs is 1. The van der Waals surface area contributed by atoms with E-state index in [0.29, 0.717) is 12.0 Å². The molecule has 116 valence electrons. The molecule has 2 N–H and O–H groups in total. The molecule has 2 rings (SSSR count). The number of nitrogen functional groups attached to an aromatic ring is 1. The molecule has 6 heteroatoms. The minimum Gasteiger partial charge on any atom is -0.368 e. The number of halogens is 2. The lowest BCUT2D eigenvalue weighted by molar-refractivity contribution is 0.179. The zero-order valence-electron chi connectivity index (χ0n) is 12.3. The van der Waals surface area contributed by atoms with Gasteiger partial charge in [-0.25, -0.2) is 9.97 Å². The molecular formula is C14H26Cl2N4. The number of hydrogen-bond acceptors (Lipinski definition) is 4. The van der Waals surface area contributed by atoms with Crippen molar-refractivity contribution in [3.63, 3.8) is 0 Å². The topological polar surface area (TPSA) is 55.0 Å². The van der Waals surface area contributed by atoms with Crippen LogP contribution in [-0.2, 0) is 12.8 Å². The van der Waals surface area contributed by atoms with Gasteiger partial charge in [0.25, 0.3) is 0 Å². The fourth-order valence-corrected chi connectivity index (χ4v) is 2.87. The Kier molecular flexibility index (Phi) is 9.10. The van der Waals surface area contributed by atoms with Crippen LogP contribution in [0.5, 0.6) is 0 Å². The van der Waals surface area contributed by atoms with E-state index in [0.717, 1.165) is 18.5 Å². The third-order valence-electron chi connectivity index (χ3n) is 3.68. The monoisotopic (exact) mass is 320 g/mol. The second-order valence-corrected chi connectivity index (χ2v) is 5.13. The summed E-state index contributed by atoms with van der Waals surface area (Å²) >= 11 is 0. The molecule has 0 saturated carbocycles. The molecule has 0 radical (unpaired) electrons. The number of aryl methyl sites for hydroxylation is 1. The Labute approximate surface area is 134 Å². The van der Waals surface area contributed by atoms with Gasteiger partial charge in [0.1, 0.15) is 0 Å². The minimum absolute atomic E-state index is 0. The Morgan fingerprint density at radius 1 is 1.25 bits per heavy atom. The highest BCUT2D eigenvalue weighted by atomic mass is 35.5. The molecule has 0 amide bonds. The minimum atomic E-state index is 0. The maximum absolute atomic E-state index is 5.64. The van der Waals surface area contributed by atoms with E-state index in [2.05, 4.69) is 28.7 Å². The van der Waals surface area contributed by atoms with Crippen LogP contribution in [0, 0.1) is 0 Å². The van der Waals surface area contributed by atoms with E-state index >= 15 is 0 Å². The number of nitrogens with zero attached hydrogens (tertiary/aromatic N) is 3. The predicted molar refractivity (Wildman–Crippen MR) is 88.9 cm³/mol. The van der Waals surface area contributed by atoms with Crippen LogP contribution in [0.3, 0.4) is 0 Å². The van der Waals surface area contributed by atoms with E-state index in [-0.39, 0.29) is 24.8 Å². The number of rotatable bonds is 5. The van der Waals surface area contributed by atoms with Crippen molar-refractivity contribution < 1.29 is 0 Å². The van der Waals surface area contributed by atoms with Gasteiger partial charge < -0.3 is 10.6 Å². The third-order valence-corrected chi connectivity index (χ3v) is 3.68. The zero-order chi connectivity index (χ0) is 13.0. The summed E-state index contributed by atoms with van der Waals surface area (Å²) in [7, 11) is 0. The van der Waals surface area contributed by atoms with E-state index in [4.69, 9.17) is 5.73 Å². The number of anilines is 1. The summed E-state index contributed by atoms with van der Waals surface area (Å²) in [5.74, 6) is 0.408. The normalized spacial score (nSPS) is 17.1. The van der Waals surface area contributed by atoms with Crippen molar-refractivity contribution in [3.05, 3.63) is 17.5 Å². The average molecular weight is 321 g/mol. The Bertz CT molecular complexity index is 395. The molecule has 1 heterocycles. The molecule has 1 aliphatic rings. The van der Waals surface area contributed by atoms with Gasteiger partial charge in [-0.2, -0.15) is 0 Å². The van der Waals surface area contributed by atoms with Gasteiger partial charge in [0.05, 0.1) is 0 Å². The molecule has 1 unspecified atom stereocenters. The Morgan fingerprint density at radius 3 is 2.50 bits per heavy atom. The van der Waals surface area contributed by atoms with Gasteiger partial charge in [-0.15, -0.1) is 24.8 Å². The summed E-state index contributed by atoms with van der Waals surface area (Å²) in [4.78, 5) is 11.1. The summed E-state index contributed by atoms with van der Waals surface area (Å²) in [6, 6.07) is 0.657. The molecule has 4 nitrogen and oxygen atoms in total. The molecule has 20 heavy (non-hydrogen) atoms. The summed E-state index contributed by atoms with van der Waals surface area (Å²) in [6.07, 6.45) is 7.68. The zero-order valence-corrected chi connectivity index (χ0v) is 14.0. The van der Waals surface area contributed by atoms with E-state index in [1.165, 1.54) is 37.9 Å². The van der Waals surface area contributed by atoms with Crippen LogP contribution in [0.2, 0.25) is 0 Å². The number of nitrogens with two attached hydrogens (primary N) is 1. The second kappa shape index (κ2) is 9.37. The fraction of sp³-hybridized carbons (Fsp3) is 0.714. The van der Waals surface area contributed by atoms with Crippen molar-refractivity contribution in [1.82, 2.24) is 14.9 Å². The fourth-order valence-electron chi connectivity index (χ4n) is 2.87. The molecule has 1 aliphatic carbocycles. The molecule has 1 aromatic heterocycles. The van der Waals surface area contributed by atoms with E-state index in [1.807, 2.05) is 6.20 Å². The first-order valence-electron chi connectivity index (χ1n) is 7.08. The van der Waals surface area contributed by atoms with Crippen LogP contribution in [-0.4, -0.2) is 34.0 Å². The van der Waals surface area contributed by atoms with Crippen molar-refractivity contribution in [3.8, 4) is 0 Å². The van der Waals surface area contributed by atoms with Crippen molar-refractivity contribution in [1.29, 1.82) is 0 Å². The van der Waals surface area contributed by atoms with Gasteiger partial charge in [-0.3, -0.25) is 0 Å². The molecule has 1 aromatic rings. The van der Waals surface area contributed by atoms with Gasteiger partial charge in [0.15, 0.2) is 0 Å². The van der Waals surface area contributed by atoms with Crippen LogP contribution in [0.15, 0.2) is 6.20 Å². The van der Waals surface area contributed by atoms with Gasteiger partial charge in [-0.1, -0.05) is 13.8 Å². The summed E-state index contributed by atoms with van der Waals surface area (Å²) < 4.78 is 0. The smallest absolute Gasteiger partial charge is 0.220 e. The molecular weight excluding hydrogens is 295 g/mol. The quantitative estimate of drug-likeness (QED) is 0.906. The highest BCUT2D eigenvalue weighted by Gasteiger charge is 2.24. The molecule has 0 aromatic carbocycles. The second-order valence-electron chi connectivity index (χ2n) is 5.13. The predicted octanol–water partition coefficient (Wildman–Crippen LogP) is 2.88. The van der Waals surface area contributed by atoms with Crippen molar-refractivity contribution in [2.75, 3.05) is 18.8 Å². The SMILES string of the molecule is CCCN(CCC)C1CCc2nc(N)ncc2C1.Cl.Cl.